The predicted molar refractivity (Wildman–Crippen MR) is 171 cm³/mol. The third kappa shape index (κ3) is 11.9. The van der Waals surface area contributed by atoms with Gasteiger partial charge in [0.25, 0.3) is 5.91 Å². The Morgan fingerprint density at radius 3 is 2.31 bits per heavy atom. The highest BCUT2D eigenvalue weighted by Gasteiger charge is 2.13. The van der Waals surface area contributed by atoms with Crippen LogP contribution in [0.1, 0.15) is 76.2 Å². The molecule has 1 aromatic heterocycles. The molecule has 210 valence electrons. The zero-order valence-corrected chi connectivity index (χ0v) is 26.0. The molecule has 5 nitrogen and oxygen atoms in total. The van der Waals surface area contributed by atoms with E-state index in [4.69, 9.17) is 28.5 Å². The van der Waals surface area contributed by atoms with Crippen LogP contribution in [-0.2, 0) is 0 Å². The van der Waals surface area contributed by atoms with Crippen molar-refractivity contribution in [1.29, 1.82) is 5.26 Å². The molecule has 0 unspecified atom stereocenters. The van der Waals surface area contributed by atoms with Crippen molar-refractivity contribution in [3.8, 4) is 17.3 Å². The number of aromatic nitrogens is 1. The van der Waals surface area contributed by atoms with E-state index < -0.39 is 0 Å². The number of halogens is 2. The maximum atomic E-state index is 12.8. The van der Waals surface area contributed by atoms with E-state index in [-0.39, 0.29) is 5.91 Å². The SMILES string of the molecule is CC.CCC.CCCl.N#Cc1ccc(-c2cc(NC(=O)c3ccc(N4CCCCCS4)cc3)ccc2Cl)nc1. The molecule has 0 atom stereocenters. The van der Waals surface area contributed by atoms with Crippen LogP contribution in [0.3, 0.4) is 0 Å². The number of nitrogens with zero attached hydrogens (tertiary/aromatic N) is 3. The second-order valence-corrected chi connectivity index (χ2v) is 10.3. The van der Waals surface area contributed by atoms with E-state index in [2.05, 4.69) is 28.5 Å². The highest BCUT2D eigenvalue weighted by Crippen LogP contribution is 2.30. The monoisotopic (exact) mass is 586 g/mol. The molecule has 39 heavy (non-hydrogen) atoms. The average molecular weight is 588 g/mol. The molecule has 2 aromatic carbocycles. The fourth-order valence-corrected chi connectivity index (χ4v) is 4.68. The van der Waals surface area contributed by atoms with Gasteiger partial charge < -0.3 is 9.62 Å². The largest absolute Gasteiger partial charge is 0.322 e. The van der Waals surface area contributed by atoms with Gasteiger partial charge in [-0.3, -0.25) is 9.78 Å². The normalized spacial score (nSPS) is 12.1. The van der Waals surface area contributed by atoms with E-state index >= 15 is 0 Å². The fourth-order valence-electron chi connectivity index (χ4n) is 3.38. The van der Waals surface area contributed by atoms with Crippen LogP contribution in [0.5, 0.6) is 0 Å². The van der Waals surface area contributed by atoms with Gasteiger partial charge in [-0.15, -0.1) is 11.6 Å². The third-order valence-electron chi connectivity index (χ3n) is 5.06. The van der Waals surface area contributed by atoms with E-state index in [1.807, 2.05) is 63.1 Å². The van der Waals surface area contributed by atoms with Crippen molar-refractivity contribution < 1.29 is 4.79 Å². The van der Waals surface area contributed by atoms with Crippen molar-refractivity contribution in [2.24, 2.45) is 0 Å². The molecule has 1 amide bonds. The van der Waals surface area contributed by atoms with Crippen LogP contribution in [0, 0.1) is 11.3 Å². The first-order valence-corrected chi connectivity index (χ1v) is 15.4. The minimum absolute atomic E-state index is 0.184. The zero-order valence-electron chi connectivity index (χ0n) is 23.6. The zero-order chi connectivity index (χ0) is 29.0. The minimum Gasteiger partial charge on any atom is -0.322 e. The van der Waals surface area contributed by atoms with Crippen LogP contribution in [0.4, 0.5) is 11.4 Å². The van der Waals surface area contributed by atoms with E-state index in [9.17, 15) is 4.79 Å². The Morgan fingerprint density at radius 2 is 1.72 bits per heavy atom. The topological polar surface area (TPSA) is 69.0 Å². The van der Waals surface area contributed by atoms with Crippen molar-refractivity contribution in [2.75, 3.05) is 27.8 Å². The summed E-state index contributed by atoms with van der Waals surface area (Å²) in [5, 5.41) is 12.4. The molecule has 1 saturated heterocycles. The number of alkyl halides is 1. The van der Waals surface area contributed by atoms with Crippen molar-refractivity contribution in [3.63, 3.8) is 0 Å². The molecule has 1 aliphatic heterocycles. The van der Waals surface area contributed by atoms with Crippen LogP contribution >= 0.6 is 35.1 Å². The Hall–Kier alpha value is -2.72. The number of pyridine rings is 1. The summed E-state index contributed by atoms with van der Waals surface area (Å²) in [5.74, 6) is 1.67. The summed E-state index contributed by atoms with van der Waals surface area (Å²) in [6, 6.07) is 18.5. The van der Waals surface area contributed by atoms with Gasteiger partial charge >= 0.3 is 0 Å². The molecule has 0 spiro atoms. The van der Waals surface area contributed by atoms with Crippen molar-refractivity contribution >= 4 is 52.4 Å². The molecule has 0 aliphatic carbocycles. The molecule has 0 radical (unpaired) electrons. The lowest BCUT2D eigenvalue weighted by molar-refractivity contribution is 0.102. The number of rotatable bonds is 4. The molecular formula is C31H40Cl2N4OS. The van der Waals surface area contributed by atoms with Gasteiger partial charge in [-0.2, -0.15) is 5.26 Å². The summed E-state index contributed by atoms with van der Waals surface area (Å²) in [6.07, 6.45) is 6.47. The van der Waals surface area contributed by atoms with Gasteiger partial charge in [0.2, 0.25) is 0 Å². The first-order chi connectivity index (χ1) is 19.0. The van der Waals surface area contributed by atoms with Crippen LogP contribution in [0.25, 0.3) is 11.3 Å². The van der Waals surface area contributed by atoms with Gasteiger partial charge in [-0.05, 0) is 79.4 Å². The highest BCUT2D eigenvalue weighted by molar-refractivity contribution is 8.00. The van der Waals surface area contributed by atoms with E-state index in [1.165, 1.54) is 31.9 Å². The second kappa shape index (κ2) is 20.2. The van der Waals surface area contributed by atoms with Gasteiger partial charge in [-0.25, -0.2) is 0 Å². The lowest BCUT2D eigenvalue weighted by Crippen LogP contribution is -2.15. The third-order valence-corrected chi connectivity index (χ3v) is 6.57. The van der Waals surface area contributed by atoms with Crippen LogP contribution in [0.2, 0.25) is 5.02 Å². The summed E-state index contributed by atoms with van der Waals surface area (Å²) in [6.45, 7) is 11.2. The van der Waals surface area contributed by atoms with Crippen molar-refractivity contribution in [1.82, 2.24) is 4.98 Å². The molecule has 1 N–H and O–H groups in total. The Kier molecular flexibility index (Phi) is 17.8. The molecule has 8 heteroatoms. The van der Waals surface area contributed by atoms with E-state index in [0.29, 0.717) is 33.1 Å². The summed E-state index contributed by atoms with van der Waals surface area (Å²) < 4.78 is 2.31. The number of nitrogens with one attached hydrogen (secondary N) is 1. The van der Waals surface area contributed by atoms with Crippen LogP contribution < -0.4 is 9.62 Å². The van der Waals surface area contributed by atoms with Crippen LogP contribution in [0.15, 0.2) is 60.8 Å². The molecule has 0 saturated carbocycles. The Bertz CT molecular complexity index is 1140. The highest BCUT2D eigenvalue weighted by atomic mass is 35.5. The summed E-state index contributed by atoms with van der Waals surface area (Å²) in [4.78, 5) is 17.1. The van der Waals surface area contributed by atoms with Gasteiger partial charge in [0.15, 0.2) is 0 Å². The number of hydrogen-bond acceptors (Lipinski definition) is 5. The van der Waals surface area contributed by atoms with Crippen LogP contribution in [-0.4, -0.2) is 29.1 Å². The predicted octanol–water partition coefficient (Wildman–Crippen LogP) is 9.85. The van der Waals surface area contributed by atoms with E-state index in [1.54, 1.807) is 30.3 Å². The fraction of sp³-hybridized carbons (Fsp3) is 0.387. The summed E-state index contributed by atoms with van der Waals surface area (Å²) in [7, 11) is 0. The van der Waals surface area contributed by atoms with Crippen molar-refractivity contribution in [3.05, 3.63) is 76.9 Å². The molecular weight excluding hydrogens is 547 g/mol. The van der Waals surface area contributed by atoms with Gasteiger partial charge in [-0.1, -0.05) is 59.1 Å². The van der Waals surface area contributed by atoms with Gasteiger partial charge in [0, 0.05) is 46.9 Å². The number of carbonyl (C=O) groups excluding carboxylic acids is 1. The molecule has 0 bridgehead atoms. The smallest absolute Gasteiger partial charge is 0.255 e. The number of anilines is 2. The average Bonchev–Trinajstić information content (AvgIpc) is 3.26. The Labute approximate surface area is 249 Å². The quantitative estimate of drug-likeness (QED) is 0.243. The standard InChI is InChI=1S/C24H21ClN4OS.C3H8.C2H5Cl.C2H6/c25-22-10-7-19(14-21(22)23-11-4-17(15-26)16-27-23)28-24(30)18-5-8-20(9-6-18)29-12-2-1-3-13-31-29;1-3-2;1-2-3;1-2/h4-11,14,16H,1-3,12-13H2,(H,28,30);3H2,1-2H3;2H2,1H3;1-2H3. The molecule has 1 aliphatic rings. The maximum absolute atomic E-state index is 12.8. The summed E-state index contributed by atoms with van der Waals surface area (Å²) in [5.41, 5.74) is 4.16. The second-order valence-electron chi connectivity index (χ2n) is 8.21. The first kappa shape index (κ1) is 34.3. The molecule has 2 heterocycles. The number of hydrogen-bond donors (Lipinski definition) is 1. The Balaban J connectivity index is 0.000000856. The number of nitriles is 1. The lowest BCUT2D eigenvalue weighted by Gasteiger charge is -2.21. The number of amides is 1. The molecule has 3 aromatic rings. The Morgan fingerprint density at radius 1 is 1.05 bits per heavy atom. The number of carbonyl (C=O) groups is 1. The molecule has 4 rings (SSSR count). The first-order valence-electron chi connectivity index (χ1n) is 13.5. The lowest BCUT2D eigenvalue weighted by atomic mass is 10.1. The number of benzene rings is 2. The van der Waals surface area contributed by atoms with Crippen molar-refractivity contribution in [2.45, 2.75) is 60.3 Å². The van der Waals surface area contributed by atoms with Gasteiger partial charge in [0.05, 0.1) is 16.3 Å². The maximum Gasteiger partial charge on any atom is 0.255 e. The molecule has 1 fully saturated rings. The minimum atomic E-state index is -0.184. The summed E-state index contributed by atoms with van der Waals surface area (Å²) >= 11 is 13.2. The van der Waals surface area contributed by atoms with E-state index in [0.717, 1.165) is 23.9 Å². The van der Waals surface area contributed by atoms with Gasteiger partial charge in [0.1, 0.15) is 6.07 Å².